The standard InChI is InChI=1S/C10H13N5/c1-10(3-4-10)9-11-6-8(15(9)2)7-5-12-14-13-7/h5-6H,3-4H2,1-2H3,(H,12,13,14). The molecule has 1 fully saturated rings. The number of nitrogens with zero attached hydrogens (tertiary/aromatic N) is 4. The van der Waals surface area contributed by atoms with E-state index >= 15 is 0 Å². The Morgan fingerprint density at radius 2 is 2.20 bits per heavy atom. The van der Waals surface area contributed by atoms with E-state index < -0.39 is 0 Å². The molecule has 0 aliphatic heterocycles. The number of H-pyrrole nitrogens is 1. The second kappa shape index (κ2) is 2.68. The van der Waals surface area contributed by atoms with Gasteiger partial charge in [0.1, 0.15) is 11.5 Å². The van der Waals surface area contributed by atoms with E-state index in [0.717, 1.165) is 17.2 Å². The zero-order valence-electron chi connectivity index (χ0n) is 8.86. The van der Waals surface area contributed by atoms with Gasteiger partial charge in [0.2, 0.25) is 0 Å². The van der Waals surface area contributed by atoms with E-state index in [4.69, 9.17) is 0 Å². The fourth-order valence-corrected chi connectivity index (χ4v) is 1.94. The van der Waals surface area contributed by atoms with Crippen LogP contribution in [0.4, 0.5) is 0 Å². The highest BCUT2D eigenvalue weighted by Crippen LogP contribution is 2.47. The van der Waals surface area contributed by atoms with E-state index in [1.165, 1.54) is 12.8 Å². The predicted molar refractivity (Wildman–Crippen MR) is 55.2 cm³/mol. The van der Waals surface area contributed by atoms with Crippen molar-refractivity contribution >= 4 is 0 Å². The van der Waals surface area contributed by atoms with Crippen molar-refractivity contribution in [2.75, 3.05) is 0 Å². The molecule has 78 valence electrons. The van der Waals surface area contributed by atoms with Crippen molar-refractivity contribution in [2.45, 2.75) is 25.2 Å². The van der Waals surface area contributed by atoms with Crippen molar-refractivity contribution in [1.29, 1.82) is 0 Å². The Balaban J connectivity index is 2.08. The van der Waals surface area contributed by atoms with Gasteiger partial charge in [-0.25, -0.2) is 4.98 Å². The first-order valence-electron chi connectivity index (χ1n) is 5.09. The molecule has 2 aromatic rings. The van der Waals surface area contributed by atoms with Crippen molar-refractivity contribution in [3.63, 3.8) is 0 Å². The first-order chi connectivity index (χ1) is 7.21. The maximum absolute atomic E-state index is 4.49. The van der Waals surface area contributed by atoms with Crippen molar-refractivity contribution < 1.29 is 0 Å². The lowest BCUT2D eigenvalue weighted by Gasteiger charge is -2.09. The molecule has 0 atom stereocenters. The fraction of sp³-hybridized carbons (Fsp3) is 0.500. The third-order valence-corrected chi connectivity index (χ3v) is 3.21. The van der Waals surface area contributed by atoms with Gasteiger partial charge >= 0.3 is 0 Å². The normalized spacial score (nSPS) is 18.0. The molecular formula is C10H13N5. The Morgan fingerprint density at radius 3 is 2.80 bits per heavy atom. The largest absolute Gasteiger partial charge is 0.329 e. The summed E-state index contributed by atoms with van der Waals surface area (Å²) in [5.41, 5.74) is 2.16. The molecule has 2 aromatic heterocycles. The van der Waals surface area contributed by atoms with Crippen LogP contribution < -0.4 is 0 Å². The van der Waals surface area contributed by atoms with Crippen LogP contribution in [0.5, 0.6) is 0 Å². The molecule has 15 heavy (non-hydrogen) atoms. The van der Waals surface area contributed by atoms with Crippen LogP contribution in [0.2, 0.25) is 0 Å². The Bertz CT molecular complexity index is 478. The average molecular weight is 203 g/mol. The van der Waals surface area contributed by atoms with Gasteiger partial charge in [-0.1, -0.05) is 6.92 Å². The van der Waals surface area contributed by atoms with Crippen molar-refractivity contribution in [3.8, 4) is 11.4 Å². The van der Waals surface area contributed by atoms with Crippen LogP contribution in [0.1, 0.15) is 25.6 Å². The quantitative estimate of drug-likeness (QED) is 0.799. The second-order valence-electron chi connectivity index (χ2n) is 4.44. The topological polar surface area (TPSA) is 59.4 Å². The van der Waals surface area contributed by atoms with Gasteiger partial charge in [-0.05, 0) is 12.8 Å². The summed E-state index contributed by atoms with van der Waals surface area (Å²) < 4.78 is 2.12. The summed E-state index contributed by atoms with van der Waals surface area (Å²) in [6, 6.07) is 0. The van der Waals surface area contributed by atoms with E-state index in [-0.39, 0.29) is 5.41 Å². The highest BCUT2D eigenvalue weighted by Gasteiger charge is 2.43. The van der Waals surface area contributed by atoms with Gasteiger partial charge in [0.15, 0.2) is 0 Å². The van der Waals surface area contributed by atoms with Gasteiger partial charge in [0.05, 0.1) is 18.1 Å². The summed E-state index contributed by atoms with van der Waals surface area (Å²) in [5, 5.41) is 10.5. The summed E-state index contributed by atoms with van der Waals surface area (Å²) in [6.45, 7) is 2.25. The minimum atomic E-state index is 0.288. The highest BCUT2D eigenvalue weighted by atomic mass is 15.3. The number of hydrogen-bond donors (Lipinski definition) is 1. The Kier molecular flexibility index (Phi) is 1.55. The first-order valence-corrected chi connectivity index (χ1v) is 5.09. The SMILES string of the molecule is Cn1c(-c2cn[nH]n2)cnc1C1(C)CC1. The van der Waals surface area contributed by atoms with Crippen molar-refractivity contribution in [1.82, 2.24) is 25.0 Å². The van der Waals surface area contributed by atoms with Crippen LogP contribution in [0.15, 0.2) is 12.4 Å². The first kappa shape index (κ1) is 8.64. The van der Waals surface area contributed by atoms with Gasteiger partial charge in [-0.15, -0.1) is 0 Å². The van der Waals surface area contributed by atoms with Crippen LogP contribution in [0.25, 0.3) is 11.4 Å². The van der Waals surface area contributed by atoms with Crippen LogP contribution in [0.3, 0.4) is 0 Å². The third kappa shape index (κ3) is 1.19. The minimum Gasteiger partial charge on any atom is -0.329 e. The monoisotopic (exact) mass is 203 g/mol. The summed E-state index contributed by atoms with van der Waals surface area (Å²) in [6.07, 6.45) is 6.05. The van der Waals surface area contributed by atoms with Gasteiger partial charge < -0.3 is 4.57 Å². The molecule has 0 saturated heterocycles. The number of aromatic nitrogens is 5. The van der Waals surface area contributed by atoms with Gasteiger partial charge in [-0.2, -0.15) is 15.4 Å². The zero-order valence-corrected chi connectivity index (χ0v) is 8.86. The molecule has 0 unspecified atom stereocenters. The predicted octanol–water partition coefficient (Wildman–Crippen LogP) is 1.26. The lowest BCUT2D eigenvalue weighted by atomic mass is 10.1. The lowest BCUT2D eigenvalue weighted by molar-refractivity contribution is 0.662. The molecule has 5 nitrogen and oxygen atoms in total. The molecule has 3 rings (SSSR count). The van der Waals surface area contributed by atoms with Crippen molar-refractivity contribution in [2.24, 2.45) is 7.05 Å². The lowest BCUT2D eigenvalue weighted by Crippen LogP contribution is -2.09. The van der Waals surface area contributed by atoms with E-state index in [1.54, 1.807) is 6.20 Å². The highest BCUT2D eigenvalue weighted by molar-refractivity contribution is 5.52. The molecule has 1 aliphatic rings. The van der Waals surface area contributed by atoms with Crippen LogP contribution in [-0.4, -0.2) is 25.0 Å². The molecular weight excluding hydrogens is 190 g/mol. The maximum Gasteiger partial charge on any atom is 0.130 e. The van der Waals surface area contributed by atoms with Crippen LogP contribution in [0, 0.1) is 0 Å². The molecule has 1 N–H and O–H groups in total. The summed E-state index contributed by atoms with van der Waals surface area (Å²) in [5.74, 6) is 1.15. The van der Waals surface area contributed by atoms with Crippen LogP contribution >= 0.6 is 0 Å². The molecule has 0 spiro atoms. The summed E-state index contributed by atoms with van der Waals surface area (Å²) in [4.78, 5) is 4.49. The number of aromatic amines is 1. The number of rotatable bonds is 2. The number of nitrogens with one attached hydrogen (secondary N) is 1. The van der Waals surface area contributed by atoms with E-state index in [1.807, 2.05) is 13.2 Å². The average Bonchev–Trinajstić information content (AvgIpc) is 2.71. The van der Waals surface area contributed by atoms with Gasteiger partial charge in [0, 0.05) is 12.5 Å². The minimum absolute atomic E-state index is 0.288. The summed E-state index contributed by atoms with van der Waals surface area (Å²) >= 11 is 0. The molecule has 0 bridgehead atoms. The Morgan fingerprint density at radius 1 is 1.40 bits per heavy atom. The zero-order chi connectivity index (χ0) is 10.5. The molecule has 0 radical (unpaired) electrons. The Labute approximate surface area is 87.5 Å². The molecule has 0 aromatic carbocycles. The molecule has 1 aliphatic carbocycles. The van der Waals surface area contributed by atoms with Gasteiger partial charge in [-0.3, -0.25) is 0 Å². The van der Waals surface area contributed by atoms with Crippen LogP contribution in [-0.2, 0) is 12.5 Å². The third-order valence-electron chi connectivity index (χ3n) is 3.21. The molecule has 1 saturated carbocycles. The second-order valence-corrected chi connectivity index (χ2v) is 4.44. The number of imidazole rings is 1. The molecule has 0 amide bonds. The molecule has 2 heterocycles. The fourth-order valence-electron chi connectivity index (χ4n) is 1.94. The summed E-state index contributed by atoms with van der Waals surface area (Å²) in [7, 11) is 2.04. The smallest absolute Gasteiger partial charge is 0.130 e. The van der Waals surface area contributed by atoms with Gasteiger partial charge in [0.25, 0.3) is 0 Å². The maximum atomic E-state index is 4.49. The molecule has 5 heteroatoms. The van der Waals surface area contributed by atoms with Crippen molar-refractivity contribution in [3.05, 3.63) is 18.2 Å². The van der Waals surface area contributed by atoms with E-state index in [2.05, 4.69) is 31.9 Å². The number of hydrogen-bond acceptors (Lipinski definition) is 3. The Hall–Kier alpha value is -1.65. The van der Waals surface area contributed by atoms with E-state index in [9.17, 15) is 0 Å². The van der Waals surface area contributed by atoms with E-state index in [0.29, 0.717) is 0 Å².